The van der Waals surface area contributed by atoms with Gasteiger partial charge in [-0.1, -0.05) is 49.4 Å². The van der Waals surface area contributed by atoms with Crippen LogP contribution in [0.3, 0.4) is 0 Å². The molecule has 2 aromatic rings. The van der Waals surface area contributed by atoms with Crippen molar-refractivity contribution >= 4 is 16.7 Å². The highest BCUT2D eigenvalue weighted by atomic mass is 16.5. The third-order valence-electron chi connectivity index (χ3n) is 4.28. The van der Waals surface area contributed by atoms with E-state index in [9.17, 15) is 4.79 Å². The molecule has 0 radical (unpaired) electrons. The lowest BCUT2D eigenvalue weighted by atomic mass is 9.78. The van der Waals surface area contributed by atoms with Crippen LogP contribution in [0.1, 0.15) is 25.3 Å². The molecule has 0 aliphatic carbocycles. The number of esters is 1. The topological polar surface area (TPSA) is 26.3 Å². The van der Waals surface area contributed by atoms with Crippen molar-refractivity contribution < 1.29 is 9.53 Å². The highest BCUT2D eigenvalue weighted by Gasteiger charge is 2.42. The second kappa shape index (κ2) is 4.69. The standard InChI is InChI=1S/C17H18O2/c1-2-17(9-10-19-16(17)18)12-13-7-8-14-5-3-4-6-15(14)11-13/h3-8,11H,2,9-10,12H2,1H3. The Labute approximate surface area is 113 Å². The van der Waals surface area contributed by atoms with Crippen molar-refractivity contribution in [1.82, 2.24) is 0 Å². The molecule has 2 heteroatoms. The fourth-order valence-electron chi connectivity index (χ4n) is 2.94. The van der Waals surface area contributed by atoms with E-state index in [1.54, 1.807) is 0 Å². The Morgan fingerprint density at radius 1 is 1.16 bits per heavy atom. The van der Waals surface area contributed by atoms with E-state index < -0.39 is 0 Å². The Bertz CT molecular complexity index is 617. The van der Waals surface area contributed by atoms with Gasteiger partial charge in [0.15, 0.2) is 0 Å². The van der Waals surface area contributed by atoms with Gasteiger partial charge in [0, 0.05) is 0 Å². The number of hydrogen-bond donors (Lipinski definition) is 0. The van der Waals surface area contributed by atoms with Gasteiger partial charge in [-0.25, -0.2) is 0 Å². The zero-order valence-corrected chi connectivity index (χ0v) is 11.2. The van der Waals surface area contributed by atoms with Crippen molar-refractivity contribution in [2.75, 3.05) is 6.61 Å². The van der Waals surface area contributed by atoms with Crippen LogP contribution in [0.25, 0.3) is 10.8 Å². The molecule has 1 unspecified atom stereocenters. The normalized spacial score (nSPS) is 22.7. The first-order valence-electron chi connectivity index (χ1n) is 6.88. The molecule has 0 bridgehead atoms. The molecule has 0 spiro atoms. The average molecular weight is 254 g/mol. The van der Waals surface area contributed by atoms with E-state index in [1.807, 2.05) is 12.1 Å². The number of carbonyl (C=O) groups excluding carboxylic acids is 1. The molecule has 1 saturated heterocycles. The van der Waals surface area contributed by atoms with Crippen LogP contribution in [0.2, 0.25) is 0 Å². The fraction of sp³-hybridized carbons (Fsp3) is 0.353. The van der Waals surface area contributed by atoms with Gasteiger partial charge in [-0.15, -0.1) is 0 Å². The zero-order chi connectivity index (χ0) is 13.3. The van der Waals surface area contributed by atoms with Crippen molar-refractivity contribution in [3.8, 4) is 0 Å². The summed E-state index contributed by atoms with van der Waals surface area (Å²) in [5.41, 5.74) is 0.919. The molecule has 2 aromatic carbocycles. The van der Waals surface area contributed by atoms with Crippen LogP contribution in [0, 0.1) is 5.41 Å². The second-order valence-electron chi connectivity index (χ2n) is 5.38. The van der Waals surface area contributed by atoms with Gasteiger partial charge in [0.1, 0.15) is 0 Å². The minimum atomic E-state index is -0.303. The lowest BCUT2D eigenvalue weighted by Crippen LogP contribution is -2.28. The summed E-state index contributed by atoms with van der Waals surface area (Å²) in [6, 6.07) is 14.8. The van der Waals surface area contributed by atoms with Crippen LogP contribution in [0.5, 0.6) is 0 Å². The Morgan fingerprint density at radius 3 is 2.63 bits per heavy atom. The quantitative estimate of drug-likeness (QED) is 0.780. The average Bonchev–Trinajstić information content (AvgIpc) is 2.80. The Morgan fingerprint density at radius 2 is 1.95 bits per heavy atom. The molecule has 1 atom stereocenters. The summed E-state index contributed by atoms with van der Waals surface area (Å²) in [5, 5.41) is 2.48. The molecule has 2 nitrogen and oxygen atoms in total. The predicted octanol–water partition coefficient (Wildman–Crippen LogP) is 3.73. The van der Waals surface area contributed by atoms with Crippen LogP contribution in [-0.4, -0.2) is 12.6 Å². The summed E-state index contributed by atoms with van der Waals surface area (Å²) in [7, 11) is 0. The highest BCUT2D eigenvalue weighted by molar-refractivity contribution is 5.83. The van der Waals surface area contributed by atoms with E-state index in [1.165, 1.54) is 16.3 Å². The molecule has 0 N–H and O–H groups in total. The maximum absolute atomic E-state index is 12.0. The summed E-state index contributed by atoms with van der Waals surface area (Å²) in [6.45, 7) is 2.65. The Kier molecular flexibility index (Phi) is 3.02. The van der Waals surface area contributed by atoms with Crippen LogP contribution < -0.4 is 0 Å². The minimum Gasteiger partial charge on any atom is -0.465 e. The number of benzene rings is 2. The van der Waals surface area contributed by atoms with Crippen molar-refractivity contribution in [3.63, 3.8) is 0 Å². The molecule has 19 heavy (non-hydrogen) atoms. The van der Waals surface area contributed by atoms with Crippen molar-refractivity contribution in [2.24, 2.45) is 5.41 Å². The molecular weight excluding hydrogens is 236 g/mol. The number of cyclic esters (lactones) is 1. The molecule has 0 aromatic heterocycles. The van der Waals surface area contributed by atoms with Crippen LogP contribution in [0.15, 0.2) is 42.5 Å². The maximum atomic E-state index is 12.0. The largest absolute Gasteiger partial charge is 0.465 e. The first-order chi connectivity index (χ1) is 9.23. The molecule has 0 amide bonds. The minimum absolute atomic E-state index is 0.0249. The van der Waals surface area contributed by atoms with Crippen molar-refractivity contribution in [1.29, 1.82) is 0 Å². The number of ether oxygens (including phenoxy) is 1. The monoisotopic (exact) mass is 254 g/mol. The third kappa shape index (κ3) is 2.12. The smallest absolute Gasteiger partial charge is 0.312 e. The van der Waals surface area contributed by atoms with Gasteiger partial charge >= 0.3 is 5.97 Å². The zero-order valence-electron chi connectivity index (χ0n) is 11.2. The SMILES string of the molecule is CCC1(Cc2ccc3ccccc3c2)CCOC1=O. The number of fused-ring (bicyclic) bond motifs is 1. The van der Waals surface area contributed by atoms with Gasteiger partial charge in [0.05, 0.1) is 12.0 Å². The second-order valence-corrected chi connectivity index (χ2v) is 5.38. The van der Waals surface area contributed by atoms with E-state index in [4.69, 9.17) is 4.74 Å². The Hall–Kier alpha value is -1.83. The predicted molar refractivity (Wildman–Crippen MR) is 76.0 cm³/mol. The summed E-state index contributed by atoms with van der Waals surface area (Å²) >= 11 is 0. The van der Waals surface area contributed by atoms with Crippen molar-refractivity contribution in [3.05, 3.63) is 48.0 Å². The van der Waals surface area contributed by atoms with E-state index in [0.717, 1.165) is 19.3 Å². The van der Waals surface area contributed by atoms with Crippen molar-refractivity contribution in [2.45, 2.75) is 26.2 Å². The molecule has 1 heterocycles. The molecule has 3 rings (SSSR count). The highest BCUT2D eigenvalue weighted by Crippen LogP contribution is 2.37. The van der Waals surface area contributed by atoms with Crippen LogP contribution in [0.4, 0.5) is 0 Å². The van der Waals surface area contributed by atoms with E-state index in [-0.39, 0.29) is 11.4 Å². The first kappa shape index (κ1) is 12.2. The Balaban J connectivity index is 1.94. The molecule has 1 fully saturated rings. The molecule has 1 aliphatic heterocycles. The lowest BCUT2D eigenvalue weighted by Gasteiger charge is -2.22. The lowest BCUT2D eigenvalue weighted by molar-refractivity contribution is -0.146. The number of carbonyl (C=O) groups is 1. The fourth-order valence-corrected chi connectivity index (χ4v) is 2.94. The van der Waals surface area contributed by atoms with Gasteiger partial charge in [-0.05, 0) is 35.6 Å². The van der Waals surface area contributed by atoms with Crippen LogP contribution >= 0.6 is 0 Å². The maximum Gasteiger partial charge on any atom is 0.312 e. The van der Waals surface area contributed by atoms with Gasteiger partial charge in [-0.2, -0.15) is 0 Å². The molecule has 0 saturated carbocycles. The van der Waals surface area contributed by atoms with Gasteiger partial charge in [-0.3, -0.25) is 4.79 Å². The number of hydrogen-bond acceptors (Lipinski definition) is 2. The van der Waals surface area contributed by atoms with Gasteiger partial charge in [0.2, 0.25) is 0 Å². The summed E-state index contributed by atoms with van der Waals surface area (Å²) in [6.07, 6.45) is 2.47. The van der Waals surface area contributed by atoms with E-state index in [0.29, 0.717) is 6.61 Å². The van der Waals surface area contributed by atoms with Gasteiger partial charge in [0.25, 0.3) is 0 Å². The molecular formula is C17H18O2. The molecule has 1 aliphatic rings. The molecule has 98 valence electrons. The summed E-state index contributed by atoms with van der Waals surface area (Å²) in [4.78, 5) is 12.0. The van der Waals surface area contributed by atoms with Crippen LogP contribution in [-0.2, 0) is 16.0 Å². The first-order valence-corrected chi connectivity index (χ1v) is 6.88. The van der Waals surface area contributed by atoms with Gasteiger partial charge < -0.3 is 4.74 Å². The summed E-state index contributed by atoms with van der Waals surface area (Å²) in [5.74, 6) is -0.0249. The van der Waals surface area contributed by atoms with E-state index in [2.05, 4.69) is 37.3 Å². The van der Waals surface area contributed by atoms with E-state index >= 15 is 0 Å². The third-order valence-corrected chi connectivity index (χ3v) is 4.28. The number of rotatable bonds is 3. The summed E-state index contributed by atoms with van der Waals surface area (Å²) < 4.78 is 5.18.